The van der Waals surface area contributed by atoms with Gasteiger partial charge in [0.1, 0.15) is 18.3 Å². The second-order valence-electron chi connectivity index (χ2n) is 6.09. The van der Waals surface area contributed by atoms with Crippen LogP contribution in [0.2, 0.25) is 0 Å². The van der Waals surface area contributed by atoms with Gasteiger partial charge in [0.15, 0.2) is 5.82 Å². The maximum atomic E-state index is 13.7. The molecule has 0 bridgehead atoms. The lowest BCUT2D eigenvalue weighted by Crippen LogP contribution is -2.37. The Morgan fingerprint density at radius 1 is 1.44 bits per heavy atom. The summed E-state index contributed by atoms with van der Waals surface area (Å²) in [6.45, 7) is 0.870. The number of carbonyl (C=O) groups is 2. The molecule has 142 valence electrons. The molecule has 27 heavy (non-hydrogen) atoms. The molecule has 2 N–H and O–H groups in total. The number of benzene rings is 1. The van der Waals surface area contributed by atoms with E-state index in [1.54, 1.807) is 7.05 Å². The summed E-state index contributed by atoms with van der Waals surface area (Å²) in [5, 5.41) is 12.4. The van der Waals surface area contributed by atoms with Gasteiger partial charge >= 0.3 is 11.9 Å². The molecule has 10 heteroatoms. The number of carboxylic acids is 1. The fourth-order valence-electron chi connectivity index (χ4n) is 3.18. The predicted octanol–water partition coefficient (Wildman–Crippen LogP) is 2.10. The summed E-state index contributed by atoms with van der Waals surface area (Å²) >= 11 is 3.09. The maximum absolute atomic E-state index is 13.7. The lowest BCUT2D eigenvalue weighted by atomic mass is 9.77. The molecule has 0 spiro atoms. The number of aliphatic carboxylic acids is 1. The number of rotatable bonds is 4. The third-order valence-corrected chi connectivity index (χ3v) is 4.93. The second-order valence-corrected chi connectivity index (χ2v) is 6.94. The molecule has 1 aliphatic rings. The molecule has 8 nitrogen and oxygen atoms in total. The lowest BCUT2D eigenvalue weighted by molar-refractivity contribution is -0.142. The number of nitrogens with zero attached hydrogens (tertiary/aromatic N) is 2. The molecule has 2 aromatic rings. The molecule has 0 fully saturated rings. The standard InChI is InChI=1S/C17H15BrFN3O5/c1-7(23)27-6-11-13(17(25)26)12(8-3-4-10(19)9(18)5-8)14-15(20-11)22(2)21-16(14)24/h3-5,12-13H,6H2,1-2H3,(H,21,24)(H,25,26). The summed E-state index contributed by atoms with van der Waals surface area (Å²) in [5.41, 5.74) is 0.184. The van der Waals surface area contributed by atoms with E-state index < -0.39 is 35.2 Å². The van der Waals surface area contributed by atoms with E-state index in [4.69, 9.17) is 4.74 Å². The smallest absolute Gasteiger partial charge is 0.313 e. The molecule has 1 aromatic heterocycles. The number of ether oxygens (including phenoxy) is 1. The number of fused-ring (bicyclic) bond motifs is 1. The number of aryl methyl sites for hydroxylation is 1. The fraction of sp³-hybridized carbons (Fsp3) is 0.294. The van der Waals surface area contributed by atoms with Crippen molar-refractivity contribution in [1.29, 1.82) is 0 Å². The van der Waals surface area contributed by atoms with Crippen molar-refractivity contribution in [2.45, 2.75) is 12.8 Å². The molecular formula is C17H15BrFN3O5. The number of H-pyrrole nitrogens is 1. The molecular weight excluding hydrogens is 425 g/mol. The number of halogens is 2. The van der Waals surface area contributed by atoms with E-state index in [2.05, 4.69) is 26.0 Å². The average molecular weight is 440 g/mol. The third-order valence-electron chi connectivity index (χ3n) is 4.32. The highest BCUT2D eigenvalue weighted by molar-refractivity contribution is 9.10. The van der Waals surface area contributed by atoms with Crippen LogP contribution in [0.5, 0.6) is 0 Å². The Balaban J connectivity index is 2.23. The first-order valence-electron chi connectivity index (χ1n) is 7.88. The summed E-state index contributed by atoms with van der Waals surface area (Å²) in [5.74, 6) is -4.28. The average Bonchev–Trinajstić information content (AvgIpc) is 2.88. The Bertz CT molecular complexity index is 1030. The quantitative estimate of drug-likeness (QED) is 0.707. The molecule has 1 aromatic carbocycles. The third kappa shape index (κ3) is 3.44. The molecule has 0 aliphatic carbocycles. The predicted molar refractivity (Wildman–Crippen MR) is 96.8 cm³/mol. The van der Waals surface area contributed by atoms with Gasteiger partial charge in [-0.25, -0.2) is 9.38 Å². The number of aliphatic imine (C=N–C) groups is 1. The molecule has 1 aliphatic heterocycles. The number of esters is 1. The van der Waals surface area contributed by atoms with Crippen LogP contribution < -0.4 is 5.56 Å². The Morgan fingerprint density at radius 3 is 2.74 bits per heavy atom. The number of aromatic nitrogens is 2. The molecule has 0 saturated carbocycles. The van der Waals surface area contributed by atoms with E-state index in [-0.39, 0.29) is 28.2 Å². The number of hydrogen-bond donors (Lipinski definition) is 2. The van der Waals surface area contributed by atoms with Crippen molar-refractivity contribution in [3.63, 3.8) is 0 Å². The van der Waals surface area contributed by atoms with Gasteiger partial charge in [0, 0.05) is 19.9 Å². The van der Waals surface area contributed by atoms with Crippen molar-refractivity contribution < 1.29 is 23.8 Å². The number of aromatic amines is 1. The highest BCUT2D eigenvalue weighted by Crippen LogP contribution is 2.41. The second kappa shape index (κ2) is 7.10. The van der Waals surface area contributed by atoms with Crippen molar-refractivity contribution in [2.75, 3.05) is 6.61 Å². The van der Waals surface area contributed by atoms with Gasteiger partial charge in [-0.3, -0.25) is 24.2 Å². The first kappa shape index (κ1) is 19.0. The van der Waals surface area contributed by atoms with Gasteiger partial charge in [-0.2, -0.15) is 0 Å². The van der Waals surface area contributed by atoms with E-state index >= 15 is 0 Å². The fourth-order valence-corrected chi connectivity index (χ4v) is 3.57. The molecule has 3 rings (SSSR count). The summed E-state index contributed by atoms with van der Waals surface area (Å²) in [4.78, 5) is 39.9. The Kier molecular flexibility index (Phi) is 5.01. The van der Waals surface area contributed by atoms with Crippen LogP contribution in [0.15, 0.2) is 32.5 Å². The molecule has 2 atom stereocenters. The van der Waals surface area contributed by atoms with Crippen LogP contribution in [0, 0.1) is 11.7 Å². The van der Waals surface area contributed by atoms with Crippen LogP contribution in [0.25, 0.3) is 0 Å². The van der Waals surface area contributed by atoms with E-state index in [1.165, 1.54) is 29.8 Å². The summed E-state index contributed by atoms with van der Waals surface area (Å²) in [6, 6.07) is 4.04. The zero-order valence-electron chi connectivity index (χ0n) is 14.3. The number of carbonyl (C=O) groups excluding carboxylic acids is 1. The van der Waals surface area contributed by atoms with Crippen LogP contribution in [-0.4, -0.2) is 39.1 Å². The maximum Gasteiger partial charge on any atom is 0.313 e. The van der Waals surface area contributed by atoms with Gasteiger partial charge in [-0.05, 0) is 33.6 Å². The van der Waals surface area contributed by atoms with Gasteiger partial charge in [0.05, 0.1) is 15.7 Å². The van der Waals surface area contributed by atoms with Crippen molar-refractivity contribution in [1.82, 2.24) is 9.78 Å². The van der Waals surface area contributed by atoms with Crippen LogP contribution in [0.4, 0.5) is 10.2 Å². The van der Waals surface area contributed by atoms with Gasteiger partial charge in [-0.1, -0.05) is 6.07 Å². The topological polar surface area (TPSA) is 114 Å². The highest BCUT2D eigenvalue weighted by atomic mass is 79.9. The van der Waals surface area contributed by atoms with Crippen LogP contribution in [0.3, 0.4) is 0 Å². The highest BCUT2D eigenvalue weighted by Gasteiger charge is 2.42. The van der Waals surface area contributed by atoms with Crippen LogP contribution >= 0.6 is 15.9 Å². The first-order valence-corrected chi connectivity index (χ1v) is 8.67. The summed E-state index contributed by atoms with van der Waals surface area (Å²) in [7, 11) is 1.56. The van der Waals surface area contributed by atoms with Crippen molar-refractivity contribution >= 4 is 39.4 Å². The van der Waals surface area contributed by atoms with Crippen molar-refractivity contribution in [3.8, 4) is 0 Å². The minimum absolute atomic E-state index is 0.0882. The number of carboxylic acid groups (broad SMARTS) is 1. The number of hydrogen-bond acceptors (Lipinski definition) is 5. The minimum atomic E-state index is -1.25. The Hall–Kier alpha value is -2.75. The summed E-state index contributed by atoms with van der Waals surface area (Å²) in [6.07, 6.45) is 0. The largest absolute Gasteiger partial charge is 0.481 e. The molecule has 0 radical (unpaired) electrons. The van der Waals surface area contributed by atoms with Gasteiger partial charge in [0.2, 0.25) is 0 Å². The van der Waals surface area contributed by atoms with Crippen molar-refractivity contribution in [2.24, 2.45) is 18.0 Å². The number of nitrogens with one attached hydrogen (secondary N) is 1. The Morgan fingerprint density at radius 2 is 2.15 bits per heavy atom. The first-order chi connectivity index (χ1) is 12.7. The zero-order valence-corrected chi connectivity index (χ0v) is 15.9. The SMILES string of the molecule is CC(=O)OCC1=Nc2c(c(=O)[nH]n2C)C(c2ccc(F)c(Br)c2)C1C(=O)O. The van der Waals surface area contributed by atoms with Gasteiger partial charge < -0.3 is 9.84 Å². The van der Waals surface area contributed by atoms with Crippen LogP contribution in [-0.2, 0) is 21.4 Å². The minimum Gasteiger partial charge on any atom is -0.481 e. The van der Waals surface area contributed by atoms with Crippen molar-refractivity contribution in [3.05, 3.63) is 50.0 Å². The summed E-state index contributed by atoms with van der Waals surface area (Å²) < 4.78 is 20.1. The van der Waals surface area contributed by atoms with Gasteiger partial charge in [-0.15, -0.1) is 0 Å². The van der Waals surface area contributed by atoms with E-state index in [0.717, 1.165) is 0 Å². The van der Waals surface area contributed by atoms with Gasteiger partial charge in [0.25, 0.3) is 5.56 Å². The lowest BCUT2D eigenvalue weighted by Gasteiger charge is -2.28. The van der Waals surface area contributed by atoms with E-state index in [1.807, 2.05) is 0 Å². The zero-order chi connectivity index (χ0) is 19.9. The molecule has 0 amide bonds. The Labute approximate surface area is 160 Å². The van der Waals surface area contributed by atoms with E-state index in [0.29, 0.717) is 5.56 Å². The van der Waals surface area contributed by atoms with E-state index in [9.17, 15) is 23.9 Å². The molecule has 2 heterocycles. The molecule has 0 saturated heterocycles. The monoisotopic (exact) mass is 439 g/mol. The van der Waals surface area contributed by atoms with Crippen LogP contribution in [0.1, 0.15) is 24.0 Å². The normalized spacial score (nSPS) is 18.6. The molecule has 2 unspecified atom stereocenters.